The van der Waals surface area contributed by atoms with Gasteiger partial charge < -0.3 is 5.73 Å². The third kappa shape index (κ3) is 3.53. The molecule has 0 aliphatic heterocycles. The standard InChI is InChI=1S/C14H11BrClF2N/c15-9-4-8(5-10(17)7-9)6-13(19)11-2-1-3-12(16)14(11)18/h1-5,7,13H,6,19H2. The molecule has 0 aliphatic carbocycles. The number of rotatable bonds is 3. The maximum Gasteiger partial charge on any atom is 0.146 e. The number of hydrogen-bond acceptors (Lipinski definition) is 1. The molecule has 100 valence electrons. The molecular weight excluding hydrogens is 336 g/mol. The van der Waals surface area contributed by atoms with E-state index >= 15 is 0 Å². The highest BCUT2D eigenvalue weighted by atomic mass is 79.9. The van der Waals surface area contributed by atoms with E-state index in [1.54, 1.807) is 18.2 Å². The van der Waals surface area contributed by atoms with Crippen molar-refractivity contribution >= 4 is 27.5 Å². The summed E-state index contributed by atoms with van der Waals surface area (Å²) >= 11 is 8.92. The molecule has 0 fully saturated rings. The number of benzene rings is 2. The normalized spacial score (nSPS) is 12.5. The first-order valence-corrected chi connectivity index (χ1v) is 6.79. The van der Waals surface area contributed by atoms with Gasteiger partial charge in [-0.05, 0) is 36.2 Å². The summed E-state index contributed by atoms with van der Waals surface area (Å²) in [5, 5.41) is 0.0355. The smallest absolute Gasteiger partial charge is 0.146 e. The van der Waals surface area contributed by atoms with Gasteiger partial charge in [-0.1, -0.05) is 39.7 Å². The lowest BCUT2D eigenvalue weighted by Crippen LogP contribution is -2.15. The minimum atomic E-state index is -0.576. The van der Waals surface area contributed by atoms with Gasteiger partial charge in [0, 0.05) is 16.1 Å². The van der Waals surface area contributed by atoms with Gasteiger partial charge in [0.1, 0.15) is 11.6 Å². The van der Waals surface area contributed by atoms with E-state index in [-0.39, 0.29) is 10.8 Å². The topological polar surface area (TPSA) is 26.0 Å². The van der Waals surface area contributed by atoms with Gasteiger partial charge in [0.05, 0.1) is 5.02 Å². The van der Waals surface area contributed by atoms with Gasteiger partial charge >= 0.3 is 0 Å². The van der Waals surface area contributed by atoms with Crippen molar-refractivity contribution in [2.45, 2.75) is 12.5 Å². The molecule has 2 aromatic carbocycles. The Balaban J connectivity index is 2.25. The molecule has 0 radical (unpaired) electrons. The first kappa shape index (κ1) is 14.4. The largest absolute Gasteiger partial charge is 0.324 e. The molecule has 19 heavy (non-hydrogen) atoms. The van der Waals surface area contributed by atoms with Gasteiger partial charge in [-0.2, -0.15) is 0 Å². The SMILES string of the molecule is NC(Cc1cc(F)cc(Br)c1)c1cccc(Cl)c1F. The van der Waals surface area contributed by atoms with Crippen LogP contribution in [-0.4, -0.2) is 0 Å². The Morgan fingerprint density at radius 2 is 1.95 bits per heavy atom. The van der Waals surface area contributed by atoms with Crippen LogP contribution >= 0.6 is 27.5 Å². The van der Waals surface area contributed by atoms with Gasteiger partial charge in [0.15, 0.2) is 0 Å². The molecule has 5 heteroatoms. The molecule has 2 N–H and O–H groups in total. The van der Waals surface area contributed by atoms with Crippen LogP contribution in [0.3, 0.4) is 0 Å². The Morgan fingerprint density at radius 1 is 1.21 bits per heavy atom. The molecule has 1 unspecified atom stereocenters. The quantitative estimate of drug-likeness (QED) is 0.862. The summed E-state index contributed by atoms with van der Waals surface area (Å²) in [6.07, 6.45) is 0.327. The van der Waals surface area contributed by atoms with Crippen LogP contribution in [-0.2, 0) is 6.42 Å². The van der Waals surface area contributed by atoms with Crippen LogP contribution in [0.15, 0.2) is 40.9 Å². The Kier molecular flexibility index (Phi) is 4.55. The molecular formula is C14H11BrClF2N. The van der Waals surface area contributed by atoms with Crippen LogP contribution in [0, 0.1) is 11.6 Å². The van der Waals surface area contributed by atoms with E-state index in [9.17, 15) is 8.78 Å². The summed E-state index contributed by atoms with van der Waals surface area (Å²) in [7, 11) is 0. The maximum absolute atomic E-state index is 13.8. The molecule has 0 saturated heterocycles. The van der Waals surface area contributed by atoms with E-state index in [4.69, 9.17) is 17.3 Å². The molecule has 0 amide bonds. The van der Waals surface area contributed by atoms with Crippen molar-refractivity contribution in [3.05, 3.63) is 68.7 Å². The van der Waals surface area contributed by atoms with Crippen molar-refractivity contribution < 1.29 is 8.78 Å². The monoisotopic (exact) mass is 345 g/mol. The summed E-state index contributed by atoms with van der Waals surface area (Å²) in [5.74, 6) is -0.879. The summed E-state index contributed by atoms with van der Waals surface area (Å²) in [6.45, 7) is 0. The van der Waals surface area contributed by atoms with Crippen molar-refractivity contribution in [2.24, 2.45) is 5.73 Å². The molecule has 0 saturated carbocycles. The molecule has 2 rings (SSSR count). The highest BCUT2D eigenvalue weighted by molar-refractivity contribution is 9.10. The fourth-order valence-electron chi connectivity index (χ4n) is 1.90. The van der Waals surface area contributed by atoms with E-state index in [1.807, 2.05) is 0 Å². The average molecular weight is 347 g/mol. The number of nitrogens with two attached hydrogens (primary N) is 1. The predicted molar refractivity (Wildman–Crippen MR) is 76.1 cm³/mol. The van der Waals surface area contributed by atoms with Gasteiger partial charge in [-0.15, -0.1) is 0 Å². The van der Waals surface area contributed by atoms with Crippen molar-refractivity contribution in [2.75, 3.05) is 0 Å². The Hall–Kier alpha value is -0.970. The zero-order chi connectivity index (χ0) is 14.0. The molecule has 1 nitrogen and oxygen atoms in total. The summed E-state index contributed by atoms with van der Waals surface area (Å²) < 4.78 is 27.7. The van der Waals surface area contributed by atoms with E-state index in [0.29, 0.717) is 22.0 Å². The maximum atomic E-state index is 13.8. The number of halogens is 4. The van der Waals surface area contributed by atoms with E-state index in [2.05, 4.69) is 15.9 Å². The lowest BCUT2D eigenvalue weighted by atomic mass is 9.99. The molecule has 0 aliphatic rings. The van der Waals surface area contributed by atoms with Crippen molar-refractivity contribution in [1.82, 2.24) is 0 Å². The van der Waals surface area contributed by atoms with Gasteiger partial charge in [-0.3, -0.25) is 0 Å². The van der Waals surface area contributed by atoms with Crippen LogP contribution in [0.1, 0.15) is 17.2 Å². The Morgan fingerprint density at radius 3 is 2.63 bits per heavy atom. The lowest BCUT2D eigenvalue weighted by molar-refractivity contribution is 0.578. The molecule has 0 spiro atoms. The van der Waals surface area contributed by atoms with Gasteiger partial charge in [0.2, 0.25) is 0 Å². The van der Waals surface area contributed by atoms with Crippen LogP contribution in [0.4, 0.5) is 8.78 Å². The summed E-state index contributed by atoms with van der Waals surface area (Å²) in [4.78, 5) is 0. The van der Waals surface area contributed by atoms with E-state index < -0.39 is 11.9 Å². The first-order valence-electron chi connectivity index (χ1n) is 5.62. The fourth-order valence-corrected chi connectivity index (χ4v) is 2.59. The Labute approximate surface area is 123 Å². The first-order chi connectivity index (χ1) is 8.97. The van der Waals surface area contributed by atoms with Crippen molar-refractivity contribution in [3.63, 3.8) is 0 Å². The number of hydrogen-bond donors (Lipinski definition) is 1. The third-order valence-electron chi connectivity index (χ3n) is 2.76. The molecule has 1 atom stereocenters. The van der Waals surface area contributed by atoms with Crippen LogP contribution in [0.25, 0.3) is 0 Å². The lowest BCUT2D eigenvalue weighted by Gasteiger charge is -2.14. The van der Waals surface area contributed by atoms with Crippen LogP contribution < -0.4 is 5.73 Å². The average Bonchev–Trinajstić information content (AvgIpc) is 2.31. The van der Waals surface area contributed by atoms with Crippen LogP contribution in [0.2, 0.25) is 5.02 Å². The second-order valence-corrected chi connectivity index (χ2v) is 5.55. The second-order valence-electron chi connectivity index (χ2n) is 4.23. The minimum absolute atomic E-state index is 0.0355. The van der Waals surface area contributed by atoms with E-state index in [0.717, 1.165) is 0 Å². The zero-order valence-corrected chi connectivity index (χ0v) is 12.2. The van der Waals surface area contributed by atoms with Gasteiger partial charge in [-0.25, -0.2) is 8.78 Å². The summed E-state index contributed by atoms with van der Waals surface area (Å²) in [6, 6.07) is 8.61. The van der Waals surface area contributed by atoms with Crippen LogP contribution in [0.5, 0.6) is 0 Å². The predicted octanol–water partition coefficient (Wildman–Crippen LogP) is 4.62. The summed E-state index contributed by atoms with van der Waals surface area (Å²) in [5.41, 5.74) is 6.98. The molecule has 2 aromatic rings. The molecule has 0 bridgehead atoms. The fraction of sp³-hybridized carbons (Fsp3) is 0.143. The highest BCUT2D eigenvalue weighted by Crippen LogP contribution is 2.25. The van der Waals surface area contributed by atoms with Gasteiger partial charge in [0.25, 0.3) is 0 Å². The van der Waals surface area contributed by atoms with Crippen molar-refractivity contribution in [3.8, 4) is 0 Å². The molecule has 0 heterocycles. The van der Waals surface area contributed by atoms with Crippen molar-refractivity contribution in [1.29, 1.82) is 0 Å². The third-order valence-corrected chi connectivity index (χ3v) is 3.51. The Bertz CT molecular complexity index is 584. The zero-order valence-electron chi connectivity index (χ0n) is 9.84. The molecule has 0 aromatic heterocycles. The van der Waals surface area contributed by atoms with E-state index in [1.165, 1.54) is 18.2 Å². The second kappa shape index (κ2) is 5.99. The minimum Gasteiger partial charge on any atom is -0.324 e. The highest BCUT2D eigenvalue weighted by Gasteiger charge is 2.14.